The Bertz CT molecular complexity index is 842. The van der Waals surface area contributed by atoms with Crippen LogP contribution in [0.3, 0.4) is 0 Å². The highest BCUT2D eigenvalue weighted by molar-refractivity contribution is 6.30. The molecule has 1 aromatic heterocycles. The van der Waals surface area contributed by atoms with Crippen molar-refractivity contribution < 1.29 is 40.6 Å². The van der Waals surface area contributed by atoms with E-state index in [0.717, 1.165) is 4.90 Å². The van der Waals surface area contributed by atoms with Gasteiger partial charge in [0.05, 0.1) is 0 Å². The Balaban J connectivity index is 2.20. The largest absolute Gasteiger partial charge is 0.454 e. The van der Waals surface area contributed by atoms with Gasteiger partial charge in [-0.1, -0.05) is 11.6 Å². The Hall–Kier alpha value is -3.03. The number of urea groups is 1. The van der Waals surface area contributed by atoms with E-state index >= 15 is 0 Å². The number of rotatable bonds is 6. The van der Waals surface area contributed by atoms with Crippen LogP contribution in [0.25, 0.3) is 0 Å². The fourth-order valence-electron chi connectivity index (χ4n) is 1.78. The molecule has 2 aromatic rings. The van der Waals surface area contributed by atoms with E-state index in [-0.39, 0.29) is 0 Å². The highest BCUT2D eigenvalue weighted by atomic mass is 35.5. The summed E-state index contributed by atoms with van der Waals surface area (Å²) in [6.07, 6.45) is -9.53. The number of aromatic nitrogens is 3. The molecule has 0 radical (unpaired) electrons. The number of nitrogens with one attached hydrogen (secondary N) is 1. The zero-order valence-electron chi connectivity index (χ0n) is 14.9. The first kappa shape index (κ1) is 23.3. The van der Waals surface area contributed by atoms with E-state index < -0.39 is 49.6 Å². The van der Waals surface area contributed by atoms with E-state index in [4.69, 9.17) is 11.6 Å². The Kier molecular flexibility index (Phi) is 7.12. The third kappa shape index (κ3) is 7.77. The van der Waals surface area contributed by atoms with Crippen LogP contribution in [-0.4, -0.2) is 53.6 Å². The van der Waals surface area contributed by atoms with Crippen molar-refractivity contribution in [3.63, 3.8) is 0 Å². The van der Waals surface area contributed by atoms with E-state index in [1.165, 1.54) is 31.3 Å². The summed E-state index contributed by atoms with van der Waals surface area (Å²) in [5, 5.41) is 2.50. The molecular weight excluding hydrogens is 448 g/mol. The maximum Gasteiger partial charge on any atom is 0.422 e. The van der Waals surface area contributed by atoms with Crippen molar-refractivity contribution in [2.24, 2.45) is 0 Å². The SMILES string of the molecule is CN(C(=O)Nc1nc(OCC(F)(F)F)nc(OCC(F)(F)F)n1)c1ccc(Cl)cc1. The van der Waals surface area contributed by atoms with Gasteiger partial charge >= 0.3 is 30.4 Å². The van der Waals surface area contributed by atoms with E-state index in [1.54, 1.807) is 0 Å². The molecule has 0 atom stereocenters. The van der Waals surface area contributed by atoms with Gasteiger partial charge < -0.3 is 9.47 Å². The second-order valence-electron chi connectivity index (χ2n) is 5.50. The number of hydrogen-bond donors (Lipinski definition) is 1. The third-order valence-electron chi connectivity index (χ3n) is 3.06. The minimum Gasteiger partial charge on any atom is -0.454 e. The Labute approximate surface area is 169 Å². The van der Waals surface area contributed by atoms with Crippen molar-refractivity contribution in [2.75, 3.05) is 30.5 Å². The van der Waals surface area contributed by atoms with E-state index in [1.807, 2.05) is 0 Å². The summed E-state index contributed by atoms with van der Waals surface area (Å²) in [5.74, 6) is -0.690. The molecule has 0 spiro atoms. The minimum atomic E-state index is -4.77. The number of ether oxygens (including phenoxy) is 2. The molecule has 8 nitrogen and oxygen atoms in total. The van der Waals surface area contributed by atoms with Crippen LogP contribution < -0.4 is 19.7 Å². The van der Waals surface area contributed by atoms with Gasteiger partial charge in [0.15, 0.2) is 13.2 Å². The first-order valence-corrected chi connectivity index (χ1v) is 8.16. The summed E-state index contributed by atoms with van der Waals surface area (Å²) in [4.78, 5) is 23.4. The zero-order valence-corrected chi connectivity index (χ0v) is 15.6. The molecule has 0 aliphatic rings. The van der Waals surface area contributed by atoms with Gasteiger partial charge in [-0.25, -0.2) is 4.79 Å². The van der Waals surface area contributed by atoms with Gasteiger partial charge in [-0.15, -0.1) is 4.98 Å². The lowest BCUT2D eigenvalue weighted by Gasteiger charge is -2.18. The lowest BCUT2D eigenvalue weighted by atomic mass is 10.3. The molecule has 15 heteroatoms. The summed E-state index contributed by atoms with van der Waals surface area (Å²) in [6, 6.07) is 3.11. The number of carbonyl (C=O) groups excluding carboxylic acids is 1. The standard InChI is InChI=1S/C15H12ClF6N5O3/c1-27(9-4-2-8(16)3-5-9)13(28)25-10-23-11(29-6-14(17,18)19)26-12(24-10)30-7-15(20,21)22/h2-5H,6-7H2,1H3,(H,23,24,25,26,28). The predicted octanol–water partition coefficient (Wildman–Crippen LogP) is 4.08. The highest BCUT2D eigenvalue weighted by Gasteiger charge is 2.31. The maximum absolute atomic E-state index is 12.3. The number of halogens is 7. The average molecular weight is 460 g/mol. The van der Waals surface area contributed by atoms with Crippen molar-refractivity contribution >= 4 is 29.3 Å². The van der Waals surface area contributed by atoms with Gasteiger partial charge in [-0.3, -0.25) is 10.2 Å². The lowest BCUT2D eigenvalue weighted by molar-refractivity contribution is -0.156. The molecule has 0 bridgehead atoms. The summed E-state index contributed by atoms with van der Waals surface area (Å²) >= 11 is 5.75. The van der Waals surface area contributed by atoms with Gasteiger partial charge in [0.2, 0.25) is 5.95 Å². The van der Waals surface area contributed by atoms with Crippen LogP contribution in [-0.2, 0) is 0 Å². The molecule has 2 amide bonds. The predicted molar refractivity (Wildman–Crippen MR) is 91.8 cm³/mol. The Morgan fingerprint density at radius 2 is 1.43 bits per heavy atom. The first-order chi connectivity index (χ1) is 13.8. The molecule has 0 saturated carbocycles. The number of amides is 2. The molecule has 1 N–H and O–H groups in total. The van der Waals surface area contributed by atoms with Crippen molar-refractivity contribution in [1.29, 1.82) is 0 Å². The topological polar surface area (TPSA) is 89.5 Å². The number of alkyl halides is 6. The van der Waals surface area contributed by atoms with Crippen LogP contribution >= 0.6 is 11.6 Å². The molecular formula is C15H12ClF6N5O3. The van der Waals surface area contributed by atoms with Gasteiger partial charge in [0.25, 0.3) is 0 Å². The second kappa shape index (κ2) is 9.19. The molecule has 0 aliphatic carbocycles. The number of nitrogens with zero attached hydrogens (tertiary/aromatic N) is 4. The van der Waals surface area contributed by atoms with Crippen LogP contribution in [0.4, 0.5) is 42.8 Å². The second-order valence-corrected chi connectivity index (χ2v) is 5.93. The minimum absolute atomic E-state index is 0.369. The molecule has 30 heavy (non-hydrogen) atoms. The molecule has 0 aliphatic heterocycles. The normalized spacial score (nSPS) is 11.7. The van der Waals surface area contributed by atoms with Crippen LogP contribution in [0.2, 0.25) is 5.02 Å². The summed E-state index contributed by atoms with van der Waals surface area (Å²) < 4.78 is 82.5. The van der Waals surface area contributed by atoms with Crippen molar-refractivity contribution in [3.05, 3.63) is 29.3 Å². The zero-order chi connectivity index (χ0) is 22.5. The molecule has 1 heterocycles. The summed E-state index contributed by atoms with van der Waals surface area (Å²) in [7, 11) is 1.34. The van der Waals surface area contributed by atoms with Crippen molar-refractivity contribution in [3.8, 4) is 12.0 Å². The van der Waals surface area contributed by atoms with E-state index in [0.29, 0.717) is 10.7 Å². The number of carbonyl (C=O) groups is 1. The molecule has 0 unspecified atom stereocenters. The number of benzene rings is 1. The molecule has 0 fully saturated rings. The fourth-order valence-corrected chi connectivity index (χ4v) is 1.90. The molecule has 0 saturated heterocycles. The maximum atomic E-state index is 12.3. The Morgan fingerprint density at radius 3 is 1.87 bits per heavy atom. The van der Waals surface area contributed by atoms with E-state index in [2.05, 4.69) is 29.7 Å². The van der Waals surface area contributed by atoms with Gasteiger partial charge in [0.1, 0.15) is 0 Å². The average Bonchev–Trinajstić information content (AvgIpc) is 2.63. The van der Waals surface area contributed by atoms with Crippen LogP contribution in [0.1, 0.15) is 0 Å². The molecule has 1 aromatic carbocycles. The smallest absolute Gasteiger partial charge is 0.422 e. The molecule has 164 valence electrons. The number of anilines is 2. The summed E-state index contributed by atoms with van der Waals surface area (Å²) in [6.45, 7) is -3.65. The van der Waals surface area contributed by atoms with Crippen LogP contribution in [0.5, 0.6) is 12.0 Å². The van der Waals surface area contributed by atoms with Crippen molar-refractivity contribution in [1.82, 2.24) is 15.0 Å². The Morgan fingerprint density at radius 1 is 0.967 bits per heavy atom. The van der Waals surface area contributed by atoms with Gasteiger partial charge in [0, 0.05) is 17.8 Å². The monoisotopic (exact) mass is 459 g/mol. The molecule has 2 rings (SSSR count). The third-order valence-corrected chi connectivity index (χ3v) is 3.31. The quantitative estimate of drug-likeness (QED) is 0.655. The van der Waals surface area contributed by atoms with Gasteiger partial charge in [-0.2, -0.15) is 36.3 Å². The van der Waals surface area contributed by atoms with Crippen LogP contribution in [0.15, 0.2) is 24.3 Å². The first-order valence-electron chi connectivity index (χ1n) is 7.78. The summed E-state index contributed by atoms with van der Waals surface area (Å²) in [5.41, 5.74) is 0.369. The number of hydrogen-bond acceptors (Lipinski definition) is 6. The van der Waals surface area contributed by atoms with Crippen molar-refractivity contribution in [2.45, 2.75) is 12.4 Å². The van der Waals surface area contributed by atoms with Crippen LogP contribution in [0, 0.1) is 0 Å². The van der Waals surface area contributed by atoms with E-state index in [9.17, 15) is 31.1 Å². The lowest BCUT2D eigenvalue weighted by Crippen LogP contribution is -2.32. The fraction of sp³-hybridized carbons (Fsp3) is 0.333. The highest BCUT2D eigenvalue weighted by Crippen LogP contribution is 2.22. The van der Waals surface area contributed by atoms with Gasteiger partial charge in [-0.05, 0) is 24.3 Å².